The summed E-state index contributed by atoms with van der Waals surface area (Å²) in [6, 6.07) is 0. The van der Waals surface area contributed by atoms with Crippen LogP contribution in [0.25, 0.3) is 0 Å². The first kappa shape index (κ1) is 4.18. The van der Waals surface area contributed by atoms with Crippen LogP contribution < -0.4 is 0 Å². The fourth-order valence-corrected chi connectivity index (χ4v) is 0.339. The quantitative estimate of drug-likeness (QED) is 0.436. The van der Waals surface area contributed by atoms with Crippen molar-refractivity contribution in [3.05, 3.63) is 0 Å². The Balaban J connectivity index is 2.59. The van der Waals surface area contributed by atoms with Crippen LogP contribution in [0.15, 0.2) is 9.98 Å². The summed E-state index contributed by atoms with van der Waals surface area (Å²) in [4.78, 5) is 16.8. The van der Waals surface area contributed by atoms with Crippen LogP contribution in [0.3, 0.4) is 0 Å². The third-order valence-corrected chi connectivity index (χ3v) is 0.627. The molecule has 0 aromatic heterocycles. The minimum absolute atomic E-state index is 0.569. The molecule has 1 aliphatic heterocycles. The zero-order valence-corrected chi connectivity index (χ0v) is 3.53. The molecule has 3 nitrogen and oxygen atoms in total. The minimum Gasteiger partial charge on any atom is -0.286 e. The van der Waals surface area contributed by atoms with Crippen molar-refractivity contribution < 1.29 is 4.79 Å². The van der Waals surface area contributed by atoms with Gasteiger partial charge in [-0.25, -0.2) is 0 Å². The van der Waals surface area contributed by atoms with Crippen LogP contribution in [-0.2, 0) is 4.79 Å². The number of carbonyl (C=O) groups excluding carboxylic acids is 1. The van der Waals surface area contributed by atoms with E-state index < -0.39 is 6.17 Å². The topological polar surface area (TPSA) is 41.8 Å². The van der Waals surface area contributed by atoms with Crippen LogP contribution in [0.4, 0.5) is 0 Å². The van der Waals surface area contributed by atoms with Gasteiger partial charge in [0.1, 0.15) is 0 Å². The number of hydrogen-bond acceptors (Lipinski definition) is 3. The standard InChI is InChI=1S/C4H3N2O/c7-3-4-5-1-2-6-4/h1-2,4H. The Morgan fingerprint density at radius 1 is 1.43 bits per heavy atom. The van der Waals surface area contributed by atoms with Gasteiger partial charge in [0.15, 0.2) is 0 Å². The van der Waals surface area contributed by atoms with Gasteiger partial charge in [0.2, 0.25) is 12.5 Å². The van der Waals surface area contributed by atoms with Gasteiger partial charge in [-0.3, -0.25) is 14.8 Å². The lowest BCUT2D eigenvalue weighted by atomic mass is 10.6. The second-order valence-electron chi connectivity index (χ2n) is 1.09. The lowest BCUT2D eigenvalue weighted by Gasteiger charge is -1.81. The van der Waals surface area contributed by atoms with Gasteiger partial charge in [0.05, 0.1) is 0 Å². The summed E-state index contributed by atoms with van der Waals surface area (Å²) in [5.74, 6) is 0. The molecule has 0 aliphatic carbocycles. The number of nitrogens with zero attached hydrogens (tertiary/aromatic N) is 2. The van der Waals surface area contributed by atoms with Crippen molar-refractivity contribution in [2.24, 2.45) is 9.98 Å². The molecule has 1 radical (unpaired) electrons. The lowest BCUT2D eigenvalue weighted by Crippen LogP contribution is -1.95. The van der Waals surface area contributed by atoms with Gasteiger partial charge < -0.3 is 0 Å². The number of aliphatic imine (C=N–C) groups is 2. The smallest absolute Gasteiger partial charge is 0.249 e. The highest BCUT2D eigenvalue weighted by Gasteiger charge is 2.01. The Morgan fingerprint density at radius 3 is 2.29 bits per heavy atom. The monoisotopic (exact) mass is 95.0 g/mol. The normalized spacial score (nSPS) is 18.3. The molecule has 1 rings (SSSR count). The molecule has 1 aliphatic rings. The molecule has 0 amide bonds. The predicted molar refractivity (Wildman–Crippen MR) is 26.5 cm³/mol. The van der Waals surface area contributed by atoms with E-state index in [-0.39, 0.29) is 0 Å². The minimum atomic E-state index is -0.569. The molecule has 1 heterocycles. The average molecular weight is 95.1 g/mol. The Labute approximate surface area is 40.8 Å². The molecular weight excluding hydrogens is 92.1 g/mol. The van der Waals surface area contributed by atoms with Crippen molar-refractivity contribution in [3.8, 4) is 0 Å². The van der Waals surface area contributed by atoms with Crippen LogP contribution in [-0.4, -0.2) is 24.9 Å². The largest absolute Gasteiger partial charge is 0.286 e. The van der Waals surface area contributed by atoms with E-state index in [2.05, 4.69) is 9.98 Å². The highest BCUT2D eigenvalue weighted by molar-refractivity contribution is 6.18. The SMILES string of the molecule is O=[C]C1N=CC=N1. The van der Waals surface area contributed by atoms with E-state index in [1.807, 2.05) is 0 Å². The highest BCUT2D eigenvalue weighted by Crippen LogP contribution is 1.89. The average Bonchev–Trinajstić information content (AvgIpc) is 2.14. The Kier molecular flexibility index (Phi) is 0.978. The summed E-state index contributed by atoms with van der Waals surface area (Å²) in [7, 11) is 0. The Hall–Kier alpha value is -0.990. The molecule has 0 spiro atoms. The predicted octanol–water partition coefficient (Wildman–Crippen LogP) is -0.423. The van der Waals surface area contributed by atoms with E-state index in [1.165, 1.54) is 12.4 Å². The molecule has 0 bridgehead atoms. The van der Waals surface area contributed by atoms with Crippen molar-refractivity contribution in [2.75, 3.05) is 0 Å². The summed E-state index contributed by atoms with van der Waals surface area (Å²) >= 11 is 0. The van der Waals surface area contributed by atoms with Gasteiger partial charge >= 0.3 is 0 Å². The van der Waals surface area contributed by atoms with Crippen molar-refractivity contribution >= 4 is 18.7 Å². The van der Waals surface area contributed by atoms with E-state index in [0.29, 0.717) is 0 Å². The van der Waals surface area contributed by atoms with E-state index >= 15 is 0 Å². The fourth-order valence-electron chi connectivity index (χ4n) is 0.339. The van der Waals surface area contributed by atoms with Gasteiger partial charge in [-0.05, 0) is 0 Å². The van der Waals surface area contributed by atoms with Crippen LogP contribution in [0.5, 0.6) is 0 Å². The maximum absolute atomic E-state index is 9.65. The molecule has 0 N–H and O–H groups in total. The molecule has 0 aromatic carbocycles. The highest BCUT2D eigenvalue weighted by atomic mass is 16.1. The lowest BCUT2D eigenvalue weighted by molar-refractivity contribution is 0.545. The van der Waals surface area contributed by atoms with Gasteiger partial charge in [-0.2, -0.15) is 0 Å². The van der Waals surface area contributed by atoms with Gasteiger partial charge in [-0.15, -0.1) is 0 Å². The van der Waals surface area contributed by atoms with Crippen LogP contribution in [0, 0.1) is 0 Å². The Morgan fingerprint density at radius 2 is 2.00 bits per heavy atom. The first-order valence-corrected chi connectivity index (χ1v) is 1.86. The second-order valence-corrected chi connectivity index (χ2v) is 1.09. The van der Waals surface area contributed by atoms with E-state index in [0.717, 1.165) is 0 Å². The van der Waals surface area contributed by atoms with Crippen molar-refractivity contribution in [1.82, 2.24) is 0 Å². The summed E-state index contributed by atoms with van der Waals surface area (Å²) in [6.07, 6.45) is 4.01. The van der Waals surface area contributed by atoms with E-state index in [1.54, 1.807) is 6.29 Å². The van der Waals surface area contributed by atoms with E-state index in [9.17, 15) is 4.79 Å². The summed E-state index contributed by atoms with van der Waals surface area (Å²) < 4.78 is 0. The molecule has 0 atom stereocenters. The maximum Gasteiger partial charge on any atom is 0.249 e. The summed E-state index contributed by atoms with van der Waals surface area (Å²) in [5, 5.41) is 0. The van der Waals surface area contributed by atoms with Crippen LogP contribution >= 0.6 is 0 Å². The van der Waals surface area contributed by atoms with Crippen molar-refractivity contribution in [3.63, 3.8) is 0 Å². The molecule has 0 saturated heterocycles. The Bertz CT molecular complexity index is 116. The van der Waals surface area contributed by atoms with Crippen molar-refractivity contribution in [1.29, 1.82) is 0 Å². The van der Waals surface area contributed by atoms with Gasteiger partial charge in [0, 0.05) is 12.4 Å². The second kappa shape index (κ2) is 1.64. The first-order chi connectivity index (χ1) is 3.43. The third-order valence-electron chi connectivity index (χ3n) is 0.627. The summed E-state index contributed by atoms with van der Waals surface area (Å²) in [6.45, 7) is 0. The number of hydrogen-bond donors (Lipinski definition) is 0. The molecule has 0 unspecified atom stereocenters. The van der Waals surface area contributed by atoms with E-state index in [4.69, 9.17) is 0 Å². The zero-order valence-electron chi connectivity index (χ0n) is 3.53. The van der Waals surface area contributed by atoms with Gasteiger partial charge in [0.25, 0.3) is 0 Å². The molecule has 3 heteroatoms. The summed E-state index contributed by atoms with van der Waals surface area (Å²) in [5.41, 5.74) is 0. The molecule has 0 saturated carbocycles. The zero-order chi connectivity index (χ0) is 5.11. The van der Waals surface area contributed by atoms with Gasteiger partial charge in [-0.1, -0.05) is 0 Å². The number of rotatable bonds is 1. The molecule has 35 valence electrons. The molecular formula is C4H3N2O. The molecule has 0 fully saturated rings. The molecule has 0 aromatic rings. The van der Waals surface area contributed by atoms with Crippen LogP contribution in [0.2, 0.25) is 0 Å². The fraction of sp³-hybridized carbons (Fsp3) is 0.250. The van der Waals surface area contributed by atoms with Crippen LogP contribution in [0.1, 0.15) is 0 Å². The van der Waals surface area contributed by atoms with Crippen molar-refractivity contribution in [2.45, 2.75) is 6.17 Å². The third kappa shape index (κ3) is 0.707. The maximum atomic E-state index is 9.65. The molecule has 7 heavy (non-hydrogen) atoms. The first-order valence-electron chi connectivity index (χ1n) is 1.86.